The quantitative estimate of drug-likeness (QED) is 0.515. The third kappa shape index (κ3) is 5.62. The molecule has 1 rings (SSSR count). The number of rotatable bonds is 9. The molecule has 1 aliphatic heterocycles. The van der Waals surface area contributed by atoms with E-state index < -0.39 is 11.6 Å². The Bertz CT molecular complexity index is 458. The molecule has 5 heteroatoms. The van der Waals surface area contributed by atoms with Crippen molar-refractivity contribution in [3.8, 4) is 0 Å². The zero-order chi connectivity index (χ0) is 18.3. The Hall–Kier alpha value is -1.36. The Kier molecular flexibility index (Phi) is 7.94. The van der Waals surface area contributed by atoms with E-state index in [2.05, 4.69) is 27.7 Å². The molecule has 0 radical (unpaired) electrons. The van der Waals surface area contributed by atoms with Crippen molar-refractivity contribution in [3.63, 3.8) is 0 Å². The highest BCUT2D eigenvalue weighted by Crippen LogP contribution is 2.33. The van der Waals surface area contributed by atoms with Crippen LogP contribution in [0.15, 0.2) is 11.6 Å². The molecule has 0 aromatic carbocycles. The highest BCUT2D eigenvalue weighted by atomic mass is 16.6. The van der Waals surface area contributed by atoms with Crippen molar-refractivity contribution in [2.24, 2.45) is 17.8 Å². The standard InChI is InChI=1S/C19H32O5/c1-6-7-17(21)23-12-19(11-20)10-15(18(22)24-19)8-9-16(13(2)3)14(4)5/h8,13-14,16,20H,6-7,9-12H2,1-5H3/b15-8+. The summed E-state index contributed by atoms with van der Waals surface area (Å²) in [6.07, 6.45) is 4.03. The molecule has 1 fully saturated rings. The first-order chi connectivity index (χ1) is 11.2. The summed E-state index contributed by atoms with van der Waals surface area (Å²) in [5, 5.41) is 9.65. The fraction of sp³-hybridized carbons (Fsp3) is 0.789. The van der Waals surface area contributed by atoms with Gasteiger partial charge in [0.2, 0.25) is 0 Å². The monoisotopic (exact) mass is 340 g/mol. The predicted octanol–water partition coefficient (Wildman–Crippen LogP) is 3.25. The maximum absolute atomic E-state index is 12.1. The number of allylic oxidation sites excluding steroid dienone is 1. The number of aliphatic hydroxyl groups excluding tert-OH is 1. The maximum atomic E-state index is 12.1. The number of hydrogen-bond donors (Lipinski definition) is 1. The highest BCUT2D eigenvalue weighted by Gasteiger charge is 2.44. The Morgan fingerprint density at radius 2 is 1.96 bits per heavy atom. The van der Waals surface area contributed by atoms with Gasteiger partial charge in [-0.3, -0.25) is 4.79 Å². The van der Waals surface area contributed by atoms with Gasteiger partial charge in [0.1, 0.15) is 6.61 Å². The van der Waals surface area contributed by atoms with Crippen molar-refractivity contribution in [3.05, 3.63) is 11.6 Å². The first kappa shape index (κ1) is 20.7. The largest absolute Gasteiger partial charge is 0.461 e. The molecule has 0 bridgehead atoms. The molecule has 138 valence electrons. The van der Waals surface area contributed by atoms with Gasteiger partial charge in [0.05, 0.1) is 6.61 Å². The number of esters is 2. The van der Waals surface area contributed by atoms with E-state index in [0.29, 0.717) is 36.2 Å². The van der Waals surface area contributed by atoms with Gasteiger partial charge in [0.15, 0.2) is 5.60 Å². The van der Waals surface area contributed by atoms with Gasteiger partial charge in [-0.2, -0.15) is 0 Å². The van der Waals surface area contributed by atoms with E-state index in [1.807, 2.05) is 13.0 Å². The first-order valence-electron chi connectivity index (χ1n) is 8.93. The molecule has 0 spiro atoms. The summed E-state index contributed by atoms with van der Waals surface area (Å²) in [7, 11) is 0. The van der Waals surface area contributed by atoms with Gasteiger partial charge in [-0.1, -0.05) is 40.7 Å². The summed E-state index contributed by atoms with van der Waals surface area (Å²) in [5.74, 6) is 0.783. The van der Waals surface area contributed by atoms with E-state index in [0.717, 1.165) is 6.42 Å². The lowest BCUT2D eigenvalue weighted by atomic mass is 9.82. The average Bonchev–Trinajstić information content (AvgIpc) is 2.82. The molecular formula is C19H32O5. The van der Waals surface area contributed by atoms with Gasteiger partial charge in [-0.05, 0) is 30.6 Å². The van der Waals surface area contributed by atoms with E-state index in [9.17, 15) is 14.7 Å². The van der Waals surface area contributed by atoms with Crippen LogP contribution < -0.4 is 0 Å². The van der Waals surface area contributed by atoms with Crippen LogP contribution in [0.1, 0.15) is 60.3 Å². The van der Waals surface area contributed by atoms with Gasteiger partial charge < -0.3 is 14.6 Å². The molecule has 0 aromatic heterocycles. The van der Waals surface area contributed by atoms with E-state index >= 15 is 0 Å². The number of carbonyl (C=O) groups is 2. The Morgan fingerprint density at radius 3 is 2.46 bits per heavy atom. The summed E-state index contributed by atoms with van der Waals surface area (Å²) in [4.78, 5) is 23.7. The minimum Gasteiger partial charge on any atom is -0.461 e. The second-order valence-electron chi connectivity index (χ2n) is 7.44. The zero-order valence-corrected chi connectivity index (χ0v) is 15.6. The number of aliphatic hydroxyl groups is 1. The maximum Gasteiger partial charge on any atom is 0.334 e. The second kappa shape index (κ2) is 9.21. The number of cyclic esters (lactones) is 1. The van der Waals surface area contributed by atoms with Crippen LogP contribution in [0.5, 0.6) is 0 Å². The van der Waals surface area contributed by atoms with Crippen molar-refractivity contribution in [1.29, 1.82) is 0 Å². The first-order valence-corrected chi connectivity index (χ1v) is 8.93. The molecule has 1 saturated heterocycles. The van der Waals surface area contributed by atoms with Crippen LogP contribution in [-0.2, 0) is 19.1 Å². The zero-order valence-electron chi connectivity index (χ0n) is 15.6. The predicted molar refractivity (Wildman–Crippen MR) is 92.3 cm³/mol. The molecule has 1 N–H and O–H groups in total. The minimum absolute atomic E-state index is 0.0940. The summed E-state index contributed by atoms with van der Waals surface area (Å²) in [5.41, 5.74) is -0.556. The average molecular weight is 340 g/mol. The van der Waals surface area contributed by atoms with Gasteiger partial charge in [0.25, 0.3) is 0 Å². The molecule has 0 aliphatic carbocycles. The Balaban J connectivity index is 2.74. The minimum atomic E-state index is -1.13. The molecule has 1 heterocycles. The normalized spacial score (nSPS) is 22.7. The van der Waals surface area contributed by atoms with E-state index in [1.54, 1.807) is 0 Å². The van der Waals surface area contributed by atoms with E-state index in [1.165, 1.54) is 0 Å². The summed E-state index contributed by atoms with van der Waals surface area (Å²) in [6, 6.07) is 0. The van der Waals surface area contributed by atoms with Crippen LogP contribution in [-0.4, -0.2) is 35.9 Å². The molecular weight excluding hydrogens is 308 g/mol. The van der Waals surface area contributed by atoms with Gasteiger partial charge in [-0.25, -0.2) is 4.79 Å². The van der Waals surface area contributed by atoms with Crippen molar-refractivity contribution in [2.75, 3.05) is 13.2 Å². The Morgan fingerprint density at radius 1 is 1.33 bits per heavy atom. The topological polar surface area (TPSA) is 72.8 Å². The van der Waals surface area contributed by atoms with Crippen molar-refractivity contribution in [1.82, 2.24) is 0 Å². The van der Waals surface area contributed by atoms with E-state index in [-0.39, 0.29) is 25.6 Å². The number of hydrogen-bond acceptors (Lipinski definition) is 5. The molecule has 24 heavy (non-hydrogen) atoms. The second-order valence-corrected chi connectivity index (χ2v) is 7.44. The lowest BCUT2D eigenvalue weighted by Crippen LogP contribution is -2.39. The molecule has 0 aromatic rings. The fourth-order valence-electron chi connectivity index (χ4n) is 3.17. The SMILES string of the molecule is CCCC(=O)OCC1(CO)C/C(=C\CC(C(C)C)C(C)C)C(=O)O1. The van der Waals surface area contributed by atoms with Crippen LogP contribution in [0.4, 0.5) is 0 Å². The smallest absolute Gasteiger partial charge is 0.334 e. The molecule has 5 nitrogen and oxygen atoms in total. The van der Waals surface area contributed by atoms with Crippen LogP contribution in [0.2, 0.25) is 0 Å². The molecule has 0 saturated carbocycles. The van der Waals surface area contributed by atoms with E-state index in [4.69, 9.17) is 9.47 Å². The van der Waals surface area contributed by atoms with Gasteiger partial charge in [0, 0.05) is 18.4 Å². The summed E-state index contributed by atoms with van der Waals surface area (Å²) < 4.78 is 10.5. The van der Waals surface area contributed by atoms with Crippen LogP contribution in [0.3, 0.4) is 0 Å². The van der Waals surface area contributed by atoms with Crippen LogP contribution in [0, 0.1) is 17.8 Å². The lowest BCUT2D eigenvalue weighted by Gasteiger charge is -2.24. The van der Waals surface area contributed by atoms with Gasteiger partial charge in [-0.15, -0.1) is 0 Å². The fourth-order valence-corrected chi connectivity index (χ4v) is 3.17. The van der Waals surface area contributed by atoms with Crippen LogP contribution in [0.25, 0.3) is 0 Å². The van der Waals surface area contributed by atoms with Gasteiger partial charge >= 0.3 is 11.9 Å². The third-order valence-corrected chi connectivity index (χ3v) is 4.67. The summed E-state index contributed by atoms with van der Waals surface area (Å²) in [6.45, 7) is 10.2. The molecule has 1 unspecified atom stereocenters. The van der Waals surface area contributed by atoms with Crippen molar-refractivity contribution < 1.29 is 24.2 Å². The highest BCUT2D eigenvalue weighted by molar-refractivity contribution is 5.91. The number of ether oxygens (including phenoxy) is 2. The summed E-state index contributed by atoms with van der Waals surface area (Å²) >= 11 is 0. The van der Waals surface area contributed by atoms with Crippen molar-refractivity contribution >= 4 is 11.9 Å². The molecule has 1 atom stereocenters. The van der Waals surface area contributed by atoms with Crippen LogP contribution >= 0.6 is 0 Å². The third-order valence-electron chi connectivity index (χ3n) is 4.67. The molecule has 0 amide bonds. The molecule has 1 aliphatic rings. The number of carbonyl (C=O) groups excluding carboxylic acids is 2. The Labute approximate surface area is 145 Å². The lowest BCUT2D eigenvalue weighted by molar-refractivity contribution is -0.166. The van der Waals surface area contributed by atoms with Crippen molar-refractivity contribution in [2.45, 2.75) is 65.9 Å².